The van der Waals surface area contributed by atoms with Gasteiger partial charge in [-0.05, 0) is 13.3 Å². The molecule has 0 saturated carbocycles. The zero-order chi connectivity index (χ0) is 7.28. The minimum absolute atomic E-state index is 0.483. The number of rotatable bonds is 4. The van der Waals surface area contributed by atoms with Crippen molar-refractivity contribution in [2.75, 3.05) is 6.54 Å². The highest BCUT2D eigenvalue weighted by Crippen LogP contribution is 1.97. The lowest BCUT2D eigenvalue weighted by atomic mass is 10.3. The van der Waals surface area contributed by atoms with Crippen LogP contribution in [0.3, 0.4) is 0 Å². The van der Waals surface area contributed by atoms with Crippen LogP contribution in [0.4, 0.5) is 4.39 Å². The fourth-order valence-corrected chi connectivity index (χ4v) is 0.426. The third kappa shape index (κ3) is 4.01. The fourth-order valence-electron chi connectivity index (χ4n) is 0.426. The van der Waals surface area contributed by atoms with Crippen molar-refractivity contribution >= 4 is 0 Å². The van der Waals surface area contributed by atoms with Gasteiger partial charge in [-0.2, -0.15) is 0 Å². The molecule has 1 nitrogen and oxygen atoms in total. The maximum Gasteiger partial charge on any atom is 0.136 e. The zero-order valence-corrected chi connectivity index (χ0v) is 6.08. The minimum atomic E-state index is -0.934. The molecule has 0 aromatic rings. The SMILES string of the molecule is C=C(NCCC)C(C)F. The Morgan fingerprint density at radius 2 is 2.33 bits per heavy atom. The van der Waals surface area contributed by atoms with E-state index in [-0.39, 0.29) is 0 Å². The van der Waals surface area contributed by atoms with Crippen LogP contribution in [0.15, 0.2) is 12.3 Å². The summed E-state index contributed by atoms with van der Waals surface area (Å²) in [7, 11) is 0. The third-order valence-electron chi connectivity index (χ3n) is 1.08. The number of allylic oxidation sites excluding steroid dienone is 1. The molecule has 0 aliphatic carbocycles. The van der Waals surface area contributed by atoms with Crippen LogP contribution < -0.4 is 5.32 Å². The predicted octanol–water partition coefficient (Wildman–Crippen LogP) is 1.86. The standard InChI is InChI=1S/C7H14FN/c1-4-5-9-7(3)6(2)8/h6,9H,3-5H2,1-2H3. The van der Waals surface area contributed by atoms with Gasteiger partial charge >= 0.3 is 0 Å². The molecule has 0 bridgehead atoms. The summed E-state index contributed by atoms with van der Waals surface area (Å²) < 4.78 is 12.3. The van der Waals surface area contributed by atoms with Crippen LogP contribution in [0.2, 0.25) is 0 Å². The Labute approximate surface area is 56.0 Å². The lowest BCUT2D eigenvalue weighted by molar-refractivity contribution is 0.393. The van der Waals surface area contributed by atoms with Crippen molar-refractivity contribution in [3.63, 3.8) is 0 Å². The molecule has 0 fully saturated rings. The maximum atomic E-state index is 12.3. The highest BCUT2D eigenvalue weighted by Gasteiger charge is 2.00. The van der Waals surface area contributed by atoms with E-state index in [0.29, 0.717) is 5.70 Å². The van der Waals surface area contributed by atoms with Crippen molar-refractivity contribution in [2.45, 2.75) is 26.4 Å². The normalized spacial score (nSPS) is 12.8. The van der Waals surface area contributed by atoms with Gasteiger partial charge in [-0.3, -0.25) is 0 Å². The Balaban J connectivity index is 3.28. The van der Waals surface area contributed by atoms with Crippen LogP contribution in [0, 0.1) is 0 Å². The van der Waals surface area contributed by atoms with E-state index in [1.807, 2.05) is 6.92 Å². The molecule has 0 aromatic carbocycles. The number of halogens is 1. The summed E-state index contributed by atoms with van der Waals surface area (Å²) in [5.74, 6) is 0. The molecule has 9 heavy (non-hydrogen) atoms. The van der Waals surface area contributed by atoms with Gasteiger partial charge in [0.1, 0.15) is 6.17 Å². The molecule has 0 spiro atoms. The van der Waals surface area contributed by atoms with Crippen molar-refractivity contribution in [1.82, 2.24) is 5.32 Å². The summed E-state index contributed by atoms with van der Waals surface area (Å²) in [6, 6.07) is 0. The van der Waals surface area contributed by atoms with Gasteiger partial charge in [-0.15, -0.1) is 0 Å². The number of hydrogen-bond donors (Lipinski definition) is 1. The molecule has 0 aliphatic rings. The van der Waals surface area contributed by atoms with Gasteiger partial charge in [0.15, 0.2) is 0 Å². The molecule has 0 saturated heterocycles. The Bertz CT molecular complexity index is 88.9. The van der Waals surface area contributed by atoms with Gasteiger partial charge in [0.2, 0.25) is 0 Å². The van der Waals surface area contributed by atoms with E-state index in [0.717, 1.165) is 13.0 Å². The molecule has 0 aliphatic heterocycles. The molecule has 0 rings (SSSR count). The molecule has 0 heterocycles. The zero-order valence-electron chi connectivity index (χ0n) is 6.08. The van der Waals surface area contributed by atoms with Crippen LogP contribution >= 0.6 is 0 Å². The summed E-state index contributed by atoms with van der Waals surface area (Å²) in [4.78, 5) is 0. The van der Waals surface area contributed by atoms with Crippen molar-refractivity contribution in [1.29, 1.82) is 0 Å². The van der Waals surface area contributed by atoms with Gasteiger partial charge in [-0.1, -0.05) is 13.5 Å². The van der Waals surface area contributed by atoms with E-state index in [2.05, 4.69) is 11.9 Å². The summed E-state index contributed by atoms with van der Waals surface area (Å²) in [5, 5.41) is 2.86. The van der Waals surface area contributed by atoms with E-state index in [1.165, 1.54) is 6.92 Å². The van der Waals surface area contributed by atoms with E-state index in [9.17, 15) is 4.39 Å². The summed E-state index contributed by atoms with van der Waals surface area (Å²) in [5.41, 5.74) is 0.483. The number of hydrogen-bond acceptors (Lipinski definition) is 1. The Kier molecular flexibility index (Phi) is 4.10. The summed E-state index contributed by atoms with van der Waals surface area (Å²) in [6.45, 7) is 7.83. The highest BCUT2D eigenvalue weighted by molar-refractivity contribution is 4.96. The molecule has 54 valence electrons. The molecule has 0 radical (unpaired) electrons. The predicted molar refractivity (Wildman–Crippen MR) is 38.0 cm³/mol. The molecular weight excluding hydrogens is 117 g/mol. The maximum absolute atomic E-state index is 12.3. The van der Waals surface area contributed by atoms with Crippen molar-refractivity contribution in [3.8, 4) is 0 Å². The number of alkyl halides is 1. The van der Waals surface area contributed by atoms with E-state index in [4.69, 9.17) is 0 Å². The van der Waals surface area contributed by atoms with E-state index in [1.54, 1.807) is 0 Å². The second kappa shape index (κ2) is 4.36. The monoisotopic (exact) mass is 131 g/mol. The van der Waals surface area contributed by atoms with Gasteiger partial charge in [0, 0.05) is 12.2 Å². The first-order valence-electron chi connectivity index (χ1n) is 3.25. The van der Waals surface area contributed by atoms with Gasteiger partial charge in [-0.25, -0.2) is 4.39 Å². The summed E-state index contributed by atoms with van der Waals surface area (Å²) >= 11 is 0. The molecule has 1 unspecified atom stereocenters. The molecule has 1 N–H and O–H groups in total. The van der Waals surface area contributed by atoms with Gasteiger partial charge in [0.05, 0.1) is 0 Å². The largest absolute Gasteiger partial charge is 0.386 e. The highest BCUT2D eigenvalue weighted by atomic mass is 19.1. The van der Waals surface area contributed by atoms with Crippen molar-refractivity contribution < 1.29 is 4.39 Å². The topological polar surface area (TPSA) is 12.0 Å². The Morgan fingerprint density at radius 3 is 2.67 bits per heavy atom. The first kappa shape index (κ1) is 8.47. The van der Waals surface area contributed by atoms with Crippen LogP contribution in [-0.2, 0) is 0 Å². The number of nitrogens with one attached hydrogen (secondary N) is 1. The average molecular weight is 131 g/mol. The molecule has 2 heteroatoms. The Morgan fingerprint density at radius 1 is 1.78 bits per heavy atom. The van der Waals surface area contributed by atoms with Gasteiger partial charge in [0.25, 0.3) is 0 Å². The minimum Gasteiger partial charge on any atom is -0.386 e. The van der Waals surface area contributed by atoms with Crippen LogP contribution in [0.1, 0.15) is 20.3 Å². The lowest BCUT2D eigenvalue weighted by Crippen LogP contribution is -2.18. The molecule has 1 atom stereocenters. The smallest absolute Gasteiger partial charge is 0.136 e. The van der Waals surface area contributed by atoms with Crippen LogP contribution in [0.25, 0.3) is 0 Å². The van der Waals surface area contributed by atoms with Crippen LogP contribution in [0.5, 0.6) is 0 Å². The summed E-state index contributed by atoms with van der Waals surface area (Å²) in [6.07, 6.45) is 0.0719. The quantitative estimate of drug-likeness (QED) is 0.614. The first-order valence-corrected chi connectivity index (χ1v) is 3.25. The molecule has 0 aromatic heterocycles. The van der Waals surface area contributed by atoms with E-state index >= 15 is 0 Å². The first-order chi connectivity index (χ1) is 4.18. The fraction of sp³-hybridized carbons (Fsp3) is 0.714. The van der Waals surface area contributed by atoms with Crippen LogP contribution in [-0.4, -0.2) is 12.7 Å². The lowest BCUT2D eigenvalue weighted by Gasteiger charge is -2.07. The van der Waals surface area contributed by atoms with Gasteiger partial charge < -0.3 is 5.32 Å². The molecule has 0 amide bonds. The van der Waals surface area contributed by atoms with Crippen molar-refractivity contribution in [2.24, 2.45) is 0 Å². The average Bonchev–Trinajstić information content (AvgIpc) is 1.82. The second-order valence-corrected chi connectivity index (χ2v) is 2.07. The Hall–Kier alpha value is -0.530. The third-order valence-corrected chi connectivity index (χ3v) is 1.08. The van der Waals surface area contributed by atoms with Crippen molar-refractivity contribution in [3.05, 3.63) is 12.3 Å². The second-order valence-electron chi connectivity index (χ2n) is 2.07. The van der Waals surface area contributed by atoms with E-state index < -0.39 is 6.17 Å². The molecular formula is C7H14FN.